The third-order valence-electron chi connectivity index (χ3n) is 4.19. The van der Waals surface area contributed by atoms with Crippen molar-refractivity contribution < 1.29 is 4.74 Å². The molecule has 0 aliphatic heterocycles. The molecule has 0 bridgehead atoms. The second-order valence-corrected chi connectivity index (χ2v) is 6.29. The van der Waals surface area contributed by atoms with Gasteiger partial charge < -0.3 is 10.5 Å². The highest BCUT2D eigenvalue weighted by Gasteiger charge is 2.50. The van der Waals surface area contributed by atoms with Crippen molar-refractivity contribution >= 4 is 11.6 Å². The van der Waals surface area contributed by atoms with E-state index >= 15 is 0 Å². The molecule has 3 rings (SSSR count). The van der Waals surface area contributed by atoms with Crippen LogP contribution in [-0.4, -0.2) is 12.1 Å². The SMILES string of the molecule is Cc1cc(Cl)c(OC2CC2)c(C2(C(C)N)CC2)c1. The highest BCUT2D eigenvalue weighted by molar-refractivity contribution is 6.32. The minimum atomic E-state index is 0.0971. The van der Waals surface area contributed by atoms with E-state index in [0.29, 0.717) is 6.10 Å². The van der Waals surface area contributed by atoms with Crippen molar-refractivity contribution in [3.63, 3.8) is 0 Å². The molecular weight excluding hydrogens is 246 g/mol. The number of nitrogens with two attached hydrogens (primary N) is 1. The van der Waals surface area contributed by atoms with Gasteiger partial charge in [0.15, 0.2) is 0 Å². The summed E-state index contributed by atoms with van der Waals surface area (Å²) in [4.78, 5) is 0. The standard InChI is InChI=1S/C15H20ClNO/c1-9-7-12(15(5-6-15)10(2)17)14(13(16)8-9)18-11-3-4-11/h7-8,10-11H,3-6,17H2,1-2H3. The zero-order valence-electron chi connectivity index (χ0n) is 11.0. The van der Waals surface area contributed by atoms with Crippen molar-refractivity contribution in [2.45, 2.75) is 57.1 Å². The van der Waals surface area contributed by atoms with E-state index in [1.54, 1.807) is 0 Å². The lowest BCUT2D eigenvalue weighted by Gasteiger charge is -2.24. The minimum Gasteiger partial charge on any atom is -0.489 e. The van der Waals surface area contributed by atoms with Crippen LogP contribution in [0.15, 0.2) is 12.1 Å². The van der Waals surface area contributed by atoms with Crippen LogP contribution in [0.5, 0.6) is 5.75 Å². The first kappa shape index (κ1) is 12.3. The third-order valence-corrected chi connectivity index (χ3v) is 4.47. The van der Waals surface area contributed by atoms with Crippen LogP contribution >= 0.6 is 11.6 Å². The van der Waals surface area contributed by atoms with Crippen molar-refractivity contribution in [3.05, 3.63) is 28.3 Å². The van der Waals surface area contributed by atoms with Gasteiger partial charge in [-0.05, 0) is 51.2 Å². The van der Waals surface area contributed by atoms with E-state index in [-0.39, 0.29) is 11.5 Å². The van der Waals surface area contributed by atoms with Gasteiger partial charge in [-0.2, -0.15) is 0 Å². The fraction of sp³-hybridized carbons (Fsp3) is 0.600. The molecule has 0 radical (unpaired) electrons. The molecule has 0 amide bonds. The van der Waals surface area contributed by atoms with Crippen molar-refractivity contribution in [3.8, 4) is 5.75 Å². The molecule has 98 valence electrons. The molecule has 2 saturated carbocycles. The van der Waals surface area contributed by atoms with Crippen LogP contribution in [0.25, 0.3) is 0 Å². The maximum atomic E-state index is 6.38. The van der Waals surface area contributed by atoms with Gasteiger partial charge in [0.2, 0.25) is 0 Å². The Labute approximate surface area is 113 Å². The Kier molecular flexibility index (Phi) is 2.83. The summed E-state index contributed by atoms with van der Waals surface area (Å²) in [6.45, 7) is 4.16. The molecule has 1 aromatic carbocycles. The Morgan fingerprint density at radius 1 is 1.39 bits per heavy atom. The number of ether oxygens (including phenoxy) is 1. The molecule has 1 unspecified atom stereocenters. The molecule has 0 spiro atoms. The first-order valence-electron chi connectivity index (χ1n) is 6.76. The Morgan fingerprint density at radius 3 is 2.56 bits per heavy atom. The molecule has 18 heavy (non-hydrogen) atoms. The molecule has 2 aliphatic rings. The maximum Gasteiger partial charge on any atom is 0.142 e. The largest absolute Gasteiger partial charge is 0.489 e. The molecule has 0 heterocycles. The van der Waals surface area contributed by atoms with Gasteiger partial charge in [0.1, 0.15) is 5.75 Å². The van der Waals surface area contributed by atoms with Crippen LogP contribution in [-0.2, 0) is 5.41 Å². The van der Waals surface area contributed by atoms with Crippen LogP contribution in [0.2, 0.25) is 5.02 Å². The fourth-order valence-electron chi connectivity index (χ4n) is 2.68. The van der Waals surface area contributed by atoms with E-state index in [9.17, 15) is 0 Å². The van der Waals surface area contributed by atoms with Crippen LogP contribution < -0.4 is 10.5 Å². The summed E-state index contributed by atoms with van der Waals surface area (Å²) in [6, 6.07) is 4.34. The number of halogens is 1. The molecule has 2 fully saturated rings. The molecule has 2 N–H and O–H groups in total. The van der Waals surface area contributed by atoms with Gasteiger partial charge in [0.25, 0.3) is 0 Å². The summed E-state index contributed by atoms with van der Waals surface area (Å²) in [7, 11) is 0. The average molecular weight is 266 g/mol. The summed E-state index contributed by atoms with van der Waals surface area (Å²) in [5.41, 5.74) is 8.69. The zero-order valence-corrected chi connectivity index (χ0v) is 11.8. The van der Waals surface area contributed by atoms with Crippen molar-refractivity contribution in [2.75, 3.05) is 0 Å². The quantitative estimate of drug-likeness (QED) is 0.903. The molecule has 3 heteroatoms. The summed E-state index contributed by atoms with van der Waals surface area (Å²) < 4.78 is 6.03. The normalized spacial score (nSPS) is 22.7. The average Bonchev–Trinajstić information content (AvgIpc) is 3.13. The van der Waals surface area contributed by atoms with Gasteiger partial charge in [0.05, 0.1) is 11.1 Å². The van der Waals surface area contributed by atoms with Crippen LogP contribution in [0.4, 0.5) is 0 Å². The second-order valence-electron chi connectivity index (χ2n) is 5.89. The van der Waals surface area contributed by atoms with E-state index in [0.717, 1.165) is 36.5 Å². The highest BCUT2D eigenvalue weighted by Crippen LogP contribution is 2.55. The maximum absolute atomic E-state index is 6.38. The lowest BCUT2D eigenvalue weighted by molar-refractivity contribution is 0.295. The Balaban J connectivity index is 2.05. The van der Waals surface area contributed by atoms with Gasteiger partial charge in [-0.25, -0.2) is 0 Å². The molecule has 0 aromatic heterocycles. The van der Waals surface area contributed by atoms with Crippen LogP contribution in [0.3, 0.4) is 0 Å². The summed E-state index contributed by atoms with van der Waals surface area (Å²) in [6.07, 6.45) is 4.95. The van der Waals surface area contributed by atoms with Crippen molar-refractivity contribution in [1.82, 2.24) is 0 Å². The van der Waals surface area contributed by atoms with Gasteiger partial charge in [0, 0.05) is 17.0 Å². The lowest BCUT2D eigenvalue weighted by atomic mass is 9.88. The Morgan fingerprint density at radius 2 is 2.06 bits per heavy atom. The fourth-order valence-corrected chi connectivity index (χ4v) is 2.99. The first-order valence-corrected chi connectivity index (χ1v) is 7.13. The predicted molar refractivity (Wildman–Crippen MR) is 74.4 cm³/mol. The predicted octanol–water partition coefficient (Wildman–Crippen LogP) is 3.57. The minimum absolute atomic E-state index is 0.0971. The van der Waals surface area contributed by atoms with E-state index in [4.69, 9.17) is 22.1 Å². The number of hydrogen-bond donors (Lipinski definition) is 1. The van der Waals surface area contributed by atoms with Gasteiger partial charge in [-0.15, -0.1) is 0 Å². The third kappa shape index (κ3) is 2.02. The topological polar surface area (TPSA) is 35.2 Å². The summed E-state index contributed by atoms with van der Waals surface area (Å²) in [5.74, 6) is 0.888. The van der Waals surface area contributed by atoms with Gasteiger partial charge in [-0.1, -0.05) is 17.7 Å². The second kappa shape index (κ2) is 4.14. The monoisotopic (exact) mass is 265 g/mol. The van der Waals surface area contributed by atoms with Crippen molar-refractivity contribution in [1.29, 1.82) is 0 Å². The number of hydrogen-bond acceptors (Lipinski definition) is 2. The summed E-state index contributed by atoms with van der Waals surface area (Å²) >= 11 is 6.38. The molecule has 1 atom stereocenters. The molecule has 0 saturated heterocycles. The van der Waals surface area contributed by atoms with Crippen LogP contribution in [0, 0.1) is 6.92 Å². The van der Waals surface area contributed by atoms with E-state index in [2.05, 4.69) is 19.9 Å². The highest BCUT2D eigenvalue weighted by atomic mass is 35.5. The smallest absolute Gasteiger partial charge is 0.142 e. The van der Waals surface area contributed by atoms with E-state index in [1.165, 1.54) is 11.1 Å². The van der Waals surface area contributed by atoms with Gasteiger partial charge in [-0.3, -0.25) is 0 Å². The zero-order chi connectivity index (χ0) is 12.9. The first-order chi connectivity index (χ1) is 8.53. The van der Waals surface area contributed by atoms with E-state index in [1.807, 2.05) is 6.07 Å². The Hall–Kier alpha value is -0.730. The number of aryl methyl sites for hydroxylation is 1. The Bertz CT molecular complexity index is 476. The molecule has 2 nitrogen and oxygen atoms in total. The molecular formula is C15H20ClNO. The number of rotatable bonds is 4. The van der Waals surface area contributed by atoms with Crippen LogP contribution in [0.1, 0.15) is 43.7 Å². The molecule has 1 aromatic rings. The lowest BCUT2D eigenvalue weighted by Crippen LogP contribution is -2.32. The van der Waals surface area contributed by atoms with Crippen molar-refractivity contribution in [2.24, 2.45) is 5.73 Å². The number of benzene rings is 1. The molecule has 2 aliphatic carbocycles. The van der Waals surface area contributed by atoms with E-state index < -0.39 is 0 Å². The van der Waals surface area contributed by atoms with Gasteiger partial charge >= 0.3 is 0 Å². The summed E-state index contributed by atoms with van der Waals surface area (Å²) in [5, 5.41) is 0.740.